The van der Waals surface area contributed by atoms with Gasteiger partial charge in [-0.15, -0.1) is 0 Å². The van der Waals surface area contributed by atoms with Crippen molar-refractivity contribution < 1.29 is 5.11 Å². The number of imidazole rings is 1. The Bertz CT molecular complexity index is 1090. The van der Waals surface area contributed by atoms with E-state index in [0.717, 1.165) is 22.2 Å². The van der Waals surface area contributed by atoms with Gasteiger partial charge < -0.3 is 9.67 Å². The Morgan fingerprint density at radius 1 is 0.808 bits per heavy atom. The first kappa shape index (κ1) is 16.4. The number of aliphatic hydroxyl groups is 1. The molecular weight excluding hydrogens is 322 g/mol. The topological polar surface area (TPSA) is 53.9 Å². The fraction of sp³-hybridized carbons (Fsp3) is 0.136. The first-order valence-electron chi connectivity index (χ1n) is 8.66. The molecule has 1 heterocycles. The van der Waals surface area contributed by atoms with Gasteiger partial charge in [0.1, 0.15) is 0 Å². The van der Waals surface area contributed by atoms with E-state index in [9.17, 15) is 5.11 Å². The largest absolute Gasteiger partial charge is 0.367 e. The van der Waals surface area contributed by atoms with Crippen molar-refractivity contribution in [2.24, 2.45) is 0 Å². The first-order chi connectivity index (χ1) is 12.6. The van der Waals surface area contributed by atoms with Crippen molar-refractivity contribution in [2.45, 2.75) is 19.2 Å². The molecule has 0 amide bonds. The second-order valence-corrected chi connectivity index (χ2v) is 6.61. The van der Waals surface area contributed by atoms with Crippen LogP contribution >= 0.6 is 0 Å². The summed E-state index contributed by atoms with van der Waals surface area (Å²) in [4.78, 5) is 0. The number of rotatable bonds is 4. The molecule has 0 aliphatic carbocycles. The quantitative estimate of drug-likeness (QED) is 0.583. The highest BCUT2D eigenvalue weighted by Crippen LogP contribution is 2.26. The minimum atomic E-state index is -1.32. The van der Waals surface area contributed by atoms with Gasteiger partial charge in [-0.05, 0) is 24.6 Å². The van der Waals surface area contributed by atoms with Crippen LogP contribution in [0.25, 0.3) is 11.0 Å². The summed E-state index contributed by atoms with van der Waals surface area (Å²) in [6.07, 6.45) is 0. The zero-order chi connectivity index (χ0) is 18.1. The third kappa shape index (κ3) is 2.65. The van der Waals surface area contributed by atoms with E-state index in [-0.39, 0.29) is 5.62 Å². The normalized spacial score (nSPS) is 13.6. The van der Waals surface area contributed by atoms with Crippen LogP contribution in [0.2, 0.25) is 0 Å². The summed E-state index contributed by atoms with van der Waals surface area (Å²) in [6.45, 7) is 2.32. The molecule has 3 aromatic carbocycles. The van der Waals surface area contributed by atoms with Crippen LogP contribution in [0.4, 0.5) is 0 Å². The second-order valence-electron chi connectivity index (χ2n) is 6.61. The highest BCUT2D eigenvalue weighted by atomic mass is 16.3. The van der Waals surface area contributed by atoms with Crippen molar-refractivity contribution in [2.75, 3.05) is 0 Å². The van der Waals surface area contributed by atoms with Gasteiger partial charge in [-0.25, -0.2) is 0 Å². The van der Waals surface area contributed by atoms with Crippen LogP contribution in [-0.4, -0.2) is 14.2 Å². The molecule has 2 N–H and O–H groups in total. The molecule has 4 heteroatoms. The Hall–Kier alpha value is -3.11. The molecule has 4 nitrogen and oxygen atoms in total. The van der Waals surface area contributed by atoms with Crippen molar-refractivity contribution in [1.82, 2.24) is 9.13 Å². The predicted molar refractivity (Wildman–Crippen MR) is 103 cm³/mol. The number of hydrogen-bond donors (Lipinski definition) is 2. The van der Waals surface area contributed by atoms with Crippen LogP contribution in [-0.2, 0) is 12.3 Å². The fourth-order valence-electron chi connectivity index (χ4n) is 3.48. The fourth-order valence-corrected chi connectivity index (χ4v) is 3.48. The monoisotopic (exact) mass is 343 g/mol. The molecule has 4 aromatic rings. The lowest BCUT2D eigenvalue weighted by Crippen LogP contribution is -2.40. The number of para-hydroxylation sites is 2. The van der Waals surface area contributed by atoms with Crippen molar-refractivity contribution in [3.05, 3.63) is 102 Å². The van der Waals surface area contributed by atoms with Gasteiger partial charge in [0, 0.05) is 5.56 Å². The Balaban J connectivity index is 1.94. The molecule has 0 radical (unpaired) electrons. The van der Waals surface area contributed by atoms with Crippen LogP contribution in [0.15, 0.2) is 84.9 Å². The van der Waals surface area contributed by atoms with Crippen LogP contribution in [0.5, 0.6) is 0 Å². The van der Waals surface area contributed by atoms with Crippen molar-refractivity contribution in [3.63, 3.8) is 0 Å². The van der Waals surface area contributed by atoms with E-state index in [1.54, 1.807) is 11.5 Å². The smallest absolute Gasteiger partial charge is 0.205 e. The Kier molecular flexibility index (Phi) is 3.98. The van der Waals surface area contributed by atoms with Crippen molar-refractivity contribution in [1.29, 1.82) is 5.41 Å². The summed E-state index contributed by atoms with van der Waals surface area (Å²) < 4.78 is 3.63. The number of nitrogens with one attached hydrogen (secondary N) is 1. The zero-order valence-corrected chi connectivity index (χ0v) is 14.6. The van der Waals surface area contributed by atoms with E-state index in [2.05, 4.69) is 0 Å². The van der Waals surface area contributed by atoms with Gasteiger partial charge in [-0.1, -0.05) is 72.8 Å². The van der Waals surface area contributed by atoms with E-state index in [1.165, 1.54) is 0 Å². The van der Waals surface area contributed by atoms with Crippen LogP contribution in [0.1, 0.15) is 18.1 Å². The Morgan fingerprint density at radius 2 is 1.35 bits per heavy atom. The molecule has 0 spiro atoms. The van der Waals surface area contributed by atoms with E-state index in [1.807, 2.05) is 89.5 Å². The molecule has 130 valence electrons. The molecule has 0 bridgehead atoms. The Morgan fingerprint density at radius 3 is 2.00 bits per heavy atom. The first-order valence-corrected chi connectivity index (χ1v) is 8.66. The average molecular weight is 343 g/mol. The second kappa shape index (κ2) is 6.32. The summed E-state index contributed by atoms with van der Waals surface area (Å²) in [5.74, 6) is 0. The molecule has 1 atom stereocenters. The lowest BCUT2D eigenvalue weighted by Gasteiger charge is -2.26. The molecule has 1 unspecified atom stereocenters. The van der Waals surface area contributed by atoms with Gasteiger partial charge in [0.15, 0.2) is 5.72 Å². The van der Waals surface area contributed by atoms with Crippen molar-refractivity contribution >= 4 is 11.0 Å². The molecule has 0 aliphatic rings. The minimum Gasteiger partial charge on any atom is -0.367 e. The number of benzene rings is 3. The molecule has 1 aromatic heterocycles. The van der Waals surface area contributed by atoms with Gasteiger partial charge in [0.05, 0.1) is 17.6 Å². The highest BCUT2D eigenvalue weighted by molar-refractivity contribution is 5.76. The SMILES string of the molecule is CC(O)(c1ccccc1)n1c(=N)n(Cc2ccccc2)c2ccccc21. The number of hydrogen-bond acceptors (Lipinski definition) is 2. The summed E-state index contributed by atoms with van der Waals surface area (Å²) in [5, 5.41) is 20.1. The van der Waals surface area contributed by atoms with Gasteiger partial charge in [0.2, 0.25) is 5.62 Å². The maximum absolute atomic E-state index is 11.3. The summed E-state index contributed by atoms with van der Waals surface area (Å²) in [7, 11) is 0. The van der Waals surface area contributed by atoms with E-state index in [0.29, 0.717) is 6.54 Å². The summed E-state index contributed by atoms with van der Waals surface area (Å²) in [6, 6.07) is 27.4. The molecule has 4 rings (SSSR count). The maximum Gasteiger partial charge on any atom is 0.205 e. The third-order valence-electron chi connectivity index (χ3n) is 4.82. The van der Waals surface area contributed by atoms with Gasteiger partial charge in [0.25, 0.3) is 0 Å². The highest BCUT2D eigenvalue weighted by Gasteiger charge is 2.29. The summed E-state index contributed by atoms with van der Waals surface area (Å²) in [5.41, 5.74) is 2.58. The molecule has 0 saturated heterocycles. The van der Waals surface area contributed by atoms with Gasteiger partial charge in [-0.2, -0.15) is 0 Å². The molecule has 0 aliphatic heterocycles. The number of aromatic nitrogens is 2. The lowest BCUT2D eigenvalue weighted by molar-refractivity contribution is 0.0242. The Labute approximate surface area is 152 Å². The van der Waals surface area contributed by atoms with Gasteiger partial charge in [-0.3, -0.25) is 9.98 Å². The van der Waals surface area contributed by atoms with Gasteiger partial charge >= 0.3 is 0 Å². The molecular formula is C22H21N3O. The number of fused-ring (bicyclic) bond motifs is 1. The van der Waals surface area contributed by atoms with Crippen LogP contribution < -0.4 is 5.62 Å². The standard InChI is InChI=1S/C22H21N3O/c1-22(26,18-12-6-3-7-13-18)25-20-15-9-8-14-19(20)24(21(25)23)16-17-10-4-2-5-11-17/h2-15,23,26H,16H2,1H3. The third-order valence-corrected chi connectivity index (χ3v) is 4.82. The minimum absolute atomic E-state index is 0.268. The number of nitrogens with zero attached hydrogens (tertiary/aromatic N) is 2. The zero-order valence-electron chi connectivity index (χ0n) is 14.6. The van der Waals surface area contributed by atoms with E-state index >= 15 is 0 Å². The molecule has 0 saturated carbocycles. The van der Waals surface area contributed by atoms with Crippen LogP contribution in [0.3, 0.4) is 0 Å². The van der Waals surface area contributed by atoms with E-state index < -0.39 is 5.72 Å². The maximum atomic E-state index is 11.3. The summed E-state index contributed by atoms with van der Waals surface area (Å²) >= 11 is 0. The molecule has 0 fully saturated rings. The average Bonchev–Trinajstić information content (AvgIpc) is 2.96. The van der Waals surface area contributed by atoms with E-state index in [4.69, 9.17) is 5.41 Å². The van der Waals surface area contributed by atoms with Crippen LogP contribution in [0, 0.1) is 5.41 Å². The lowest BCUT2D eigenvalue weighted by atomic mass is 10.0. The molecule has 26 heavy (non-hydrogen) atoms. The predicted octanol–water partition coefficient (Wildman–Crippen LogP) is 3.68. The van der Waals surface area contributed by atoms with Crippen molar-refractivity contribution in [3.8, 4) is 0 Å².